The maximum absolute atomic E-state index is 13.8. The van der Waals surface area contributed by atoms with Gasteiger partial charge in [-0.2, -0.15) is 0 Å². The number of likely N-dealkylation sites (tertiary alicyclic amines) is 1. The molecule has 5 N–H and O–H groups in total. The van der Waals surface area contributed by atoms with Gasteiger partial charge in [0.2, 0.25) is 5.91 Å². The number of nitrogens with one attached hydrogen (secondary N) is 3. The number of rotatable bonds is 9. The quantitative estimate of drug-likeness (QED) is 0.307. The average molecular weight is 543 g/mol. The van der Waals surface area contributed by atoms with E-state index in [4.69, 9.17) is 4.74 Å². The third kappa shape index (κ3) is 6.55. The molecule has 39 heavy (non-hydrogen) atoms. The van der Waals surface area contributed by atoms with Crippen molar-refractivity contribution in [3.05, 3.63) is 52.1 Å². The molecule has 11 heteroatoms. The number of aliphatic hydroxyl groups is 2. The first-order chi connectivity index (χ1) is 18.6. The summed E-state index contributed by atoms with van der Waals surface area (Å²) in [5, 5.41) is 26.1. The number of hydrogen-bond donors (Lipinski definition) is 5. The van der Waals surface area contributed by atoms with Gasteiger partial charge in [0, 0.05) is 55.8 Å². The number of ether oxygens (including phenoxy) is 1. The van der Waals surface area contributed by atoms with Gasteiger partial charge in [-0.25, -0.2) is 4.39 Å². The highest BCUT2D eigenvalue weighted by Crippen LogP contribution is 2.34. The van der Waals surface area contributed by atoms with E-state index in [0.29, 0.717) is 46.9 Å². The number of methoxy groups -OCH3 is 1. The number of aryl methyl sites for hydroxylation is 1. The van der Waals surface area contributed by atoms with E-state index in [2.05, 4.69) is 15.6 Å². The molecule has 1 saturated heterocycles. The minimum Gasteiger partial charge on any atom is -0.392 e. The van der Waals surface area contributed by atoms with Crippen molar-refractivity contribution in [2.75, 3.05) is 32.1 Å². The molecule has 10 nitrogen and oxygen atoms in total. The van der Waals surface area contributed by atoms with E-state index in [1.54, 1.807) is 31.9 Å². The molecule has 3 heterocycles. The minimum absolute atomic E-state index is 0.0614. The smallest absolute Gasteiger partial charge is 0.256 e. The van der Waals surface area contributed by atoms with Crippen LogP contribution in [0.25, 0.3) is 11.6 Å². The summed E-state index contributed by atoms with van der Waals surface area (Å²) in [5.74, 6) is -1.43. The second kappa shape index (κ2) is 12.1. The molecule has 210 valence electrons. The molecule has 0 aliphatic carbocycles. The third-order valence-corrected chi connectivity index (χ3v) is 7.34. The lowest BCUT2D eigenvalue weighted by Crippen LogP contribution is -2.42. The summed E-state index contributed by atoms with van der Waals surface area (Å²) in [7, 11) is 1.65. The molecule has 2 aliphatic heterocycles. The number of amides is 3. The van der Waals surface area contributed by atoms with E-state index in [0.717, 1.165) is 12.8 Å². The van der Waals surface area contributed by atoms with Crippen LogP contribution in [0.5, 0.6) is 0 Å². The first-order valence-electron chi connectivity index (χ1n) is 13.0. The number of anilines is 1. The highest BCUT2D eigenvalue weighted by Gasteiger charge is 2.27. The van der Waals surface area contributed by atoms with E-state index >= 15 is 0 Å². The van der Waals surface area contributed by atoms with Crippen LogP contribution in [0.2, 0.25) is 0 Å². The number of hydrogen-bond acceptors (Lipinski definition) is 6. The Morgan fingerprint density at radius 2 is 1.95 bits per heavy atom. The van der Waals surface area contributed by atoms with Gasteiger partial charge < -0.3 is 35.5 Å². The van der Waals surface area contributed by atoms with E-state index < -0.39 is 23.9 Å². The summed E-state index contributed by atoms with van der Waals surface area (Å²) in [4.78, 5) is 42.7. The van der Waals surface area contributed by atoms with Crippen LogP contribution in [0.1, 0.15) is 58.6 Å². The van der Waals surface area contributed by atoms with E-state index in [1.165, 1.54) is 18.2 Å². The van der Waals surface area contributed by atoms with Crippen molar-refractivity contribution in [3.8, 4) is 0 Å². The Balaban J connectivity index is 1.33. The molecular formula is C28H35FN4O6. The second-order valence-corrected chi connectivity index (χ2v) is 10.1. The van der Waals surface area contributed by atoms with Crippen LogP contribution in [0.4, 0.5) is 10.1 Å². The van der Waals surface area contributed by atoms with Gasteiger partial charge in [-0.1, -0.05) is 0 Å². The molecule has 2 atom stereocenters. The maximum atomic E-state index is 13.8. The van der Waals surface area contributed by atoms with Gasteiger partial charge in [0.25, 0.3) is 11.8 Å². The Bertz CT molecular complexity index is 1280. The standard InChI is InChI=1S/C28H35FN4O6/c1-15-24(13-22-21-10-17(29)4-5-23(21)32-27(22)37)31-16(2)26(15)28(38)30-14-19(35)11-18(34)12-25(36)33-8-6-20(39-3)7-9-33/h4-5,10,13,18-20,31,34-35H,6-9,11-12,14H2,1-3H3,(H,30,38)(H,32,37)/b22-13-/t18-,19+/m1/s1. The number of benzene rings is 1. The van der Waals surface area contributed by atoms with Crippen molar-refractivity contribution in [1.82, 2.24) is 15.2 Å². The molecule has 0 saturated carbocycles. The van der Waals surface area contributed by atoms with Gasteiger partial charge in [-0.15, -0.1) is 0 Å². The topological polar surface area (TPSA) is 144 Å². The predicted molar refractivity (Wildman–Crippen MR) is 143 cm³/mol. The molecule has 0 radical (unpaired) electrons. The van der Waals surface area contributed by atoms with Crippen LogP contribution in [0.15, 0.2) is 18.2 Å². The van der Waals surface area contributed by atoms with Crippen molar-refractivity contribution in [2.45, 2.75) is 57.8 Å². The van der Waals surface area contributed by atoms with Gasteiger partial charge in [0.05, 0.1) is 35.9 Å². The fraction of sp³-hybridized carbons (Fsp3) is 0.464. The molecule has 0 spiro atoms. The highest BCUT2D eigenvalue weighted by atomic mass is 19.1. The van der Waals surface area contributed by atoms with Crippen molar-refractivity contribution in [3.63, 3.8) is 0 Å². The lowest BCUT2D eigenvalue weighted by molar-refractivity contribution is -0.135. The van der Waals surface area contributed by atoms with E-state index in [1.807, 2.05) is 0 Å². The third-order valence-electron chi connectivity index (χ3n) is 7.34. The number of carbonyl (C=O) groups excluding carboxylic acids is 3. The zero-order valence-electron chi connectivity index (χ0n) is 22.3. The minimum atomic E-state index is -1.05. The first kappa shape index (κ1) is 28.5. The SMILES string of the molecule is COC1CCN(C(=O)C[C@H](O)C[C@H](O)CNC(=O)c2c(C)[nH]c(/C=C3\C(=O)Nc4ccc(F)cc43)c2C)CC1. The second-order valence-electron chi connectivity index (χ2n) is 10.1. The summed E-state index contributed by atoms with van der Waals surface area (Å²) < 4.78 is 19.1. The Morgan fingerprint density at radius 3 is 2.64 bits per heavy atom. The molecule has 0 bridgehead atoms. The number of aliphatic hydroxyl groups excluding tert-OH is 2. The van der Waals surface area contributed by atoms with Gasteiger partial charge >= 0.3 is 0 Å². The summed E-state index contributed by atoms with van der Waals surface area (Å²) >= 11 is 0. The van der Waals surface area contributed by atoms with Crippen molar-refractivity contribution < 1.29 is 33.7 Å². The van der Waals surface area contributed by atoms with Gasteiger partial charge in [-0.05, 0) is 56.5 Å². The van der Waals surface area contributed by atoms with Crippen molar-refractivity contribution in [2.24, 2.45) is 0 Å². The molecular weight excluding hydrogens is 507 g/mol. The molecule has 1 aromatic carbocycles. The Morgan fingerprint density at radius 1 is 1.23 bits per heavy atom. The molecule has 0 unspecified atom stereocenters. The number of nitrogens with zero attached hydrogens (tertiary/aromatic N) is 1. The highest BCUT2D eigenvalue weighted by molar-refractivity contribution is 6.34. The molecule has 1 fully saturated rings. The van der Waals surface area contributed by atoms with Crippen LogP contribution >= 0.6 is 0 Å². The maximum Gasteiger partial charge on any atom is 0.256 e. The summed E-state index contributed by atoms with van der Waals surface area (Å²) in [5.41, 5.74) is 3.28. The Hall–Kier alpha value is -3.54. The predicted octanol–water partition coefficient (Wildman–Crippen LogP) is 2.13. The van der Waals surface area contributed by atoms with Gasteiger partial charge in [0.15, 0.2) is 0 Å². The van der Waals surface area contributed by atoms with Crippen molar-refractivity contribution in [1.29, 1.82) is 0 Å². The molecule has 2 aliphatic rings. The number of fused-ring (bicyclic) bond motifs is 1. The van der Waals surface area contributed by atoms with Gasteiger partial charge in [0.1, 0.15) is 5.82 Å². The van der Waals surface area contributed by atoms with Crippen LogP contribution < -0.4 is 10.6 Å². The number of aromatic nitrogens is 1. The molecule has 3 amide bonds. The van der Waals surface area contributed by atoms with Crippen LogP contribution in [-0.4, -0.2) is 82.9 Å². The van der Waals surface area contributed by atoms with Crippen LogP contribution in [0.3, 0.4) is 0 Å². The first-order valence-corrected chi connectivity index (χ1v) is 13.0. The lowest BCUT2D eigenvalue weighted by Gasteiger charge is -2.32. The Labute approximate surface area is 226 Å². The van der Waals surface area contributed by atoms with E-state index in [-0.39, 0.29) is 42.9 Å². The molecule has 2 aromatic rings. The monoisotopic (exact) mass is 542 g/mol. The lowest BCUT2D eigenvalue weighted by atomic mass is 10.0. The zero-order valence-corrected chi connectivity index (χ0v) is 22.3. The largest absolute Gasteiger partial charge is 0.392 e. The van der Waals surface area contributed by atoms with Crippen molar-refractivity contribution >= 4 is 35.1 Å². The fourth-order valence-electron chi connectivity index (χ4n) is 5.16. The summed E-state index contributed by atoms with van der Waals surface area (Å²) in [6.07, 6.45) is 0.985. The number of halogens is 1. The zero-order chi connectivity index (χ0) is 28.3. The molecule has 4 rings (SSSR count). The normalized spacial score (nSPS) is 18.2. The number of carbonyl (C=O) groups is 3. The van der Waals surface area contributed by atoms with Gasteiger partial charge in [-0.3, -0.25) is 14.4 Å². The average Bonchev–Trinajstić information content (AvgIpc) is 3.36. The number of H-pyrrole nitrogens is 1. The molecule has 1 aromatic heterocycles. The summed E-state index contributed by atoms with van der Waals surface area (Å²) in [6.45, 7) is 4.48. The fourth-order valence-corrected chi connectivity index (χ4v) is 5.16. The number of aromatic amines is 1. The van der Waals surface area contributed by atoms with E-state index in [9.17, 15) is 29.0 Å². The Kier molecular flexibility index (Phi) is 8.83. The van der Waals surface area contributed by atoms with Crippen LogP contribution in [-0.2, 0) is 14.3 Å². The van der Waals surface area contributed by atoms with Crippen LogP contribution in [0, 0.1) is 19.7 Å². The summed E-state index contributed by atoms with van der Waals surface area (Å²) in [6, 6.07) is 4.05. The number of piperidine rings is 1.